The Balaban J connectivity index is 2.33. The molecular weight excluding hydrogens is 198 g/mol. The van der Waals surface area contributed by atoms with E-state index in [9.17, 15) is 4.79 Å². The molecule has 0 atom stereocenters. The minimum absolute atomic E-state index is 0.0628. The summed E-state index contributed by atoms with van der Waals surface area (Å²) < 4.78 is 1.55. The van der Waals surface area contributed by atoms with Crippen molar-refractivity contribution < 1.29 is 0 Å². The molecule has 0 aromatic carbocycles. The van der Waals surface area contributed by atoms with E-state index in [-0.39, 0.29) is 5.56 Å². The predicted octanol–water partition coefficient (Wildman–Crippen LogP) is 0.935. The molecule has 0 fully saturated rings. The summed E-state index contributed by atoms with van der Waals surface area (Å²) in [7, 11) is 0. The summed E-state index contributed by atoms with van der Waals surface area (Å²) >= 11 is 1.51. The van der Waals surface area contributed by atoms with Crippen molar-refractivity contribution in [2.45, 2.75) is 6.54 Å². The summed E-state index contributed by atoms with van der Waals surface area (Å²) in [6.07, 6.45) is 1.63. The first-order valence-corrected chi connectivity index (χ1v) is 5.03. The molecule has 0 aliphatic rings. The van der Waals surface area contributed by atoms with E-state index in [2.05, 4.69) is 4.98 Å². The Hall–Kier alpha value is -1.62. The summed E-state index contributed by atoms with van der Waals surface area (Å²) in [5.41, 5.74) is 8.72. The molecule has 0 aliphatic carbocycles. The van der Waals surface area contributed by atoms with E-state index in [0.29, 0.717) is 12.2 Å². The van der Waals surface area contributed by atoms with Crippen molar-refractivity contribution in [2.75, 3.05) is 5.73 Å². The van der Waals surface area contributed by atoms with Gasteiger partial charge in [-0.25, -0.2) is 4.98 Å². The van der Waals surface area contributed by atoms with Gasteiger partial charge in [0.05, 0.1) is 17.7 Å². The average Bonchev–Trinajstić information content (AvgIpc) is 2.64. The zero-order chi connectivity index (χ0) is 9.97. The summed E-state index contributed by atoms with van der Waals surface area (Å²) in [6, 6.07) is 3.06. The zero-order valence-corrected chi connectivity index (χ0v) is 8.20. The van der Waals surface area contributed by atoms with Crippen molar-refractivity contribution in [1.82, 2.24) is 9.55 Å². The smallest absolute Gasteiger partial charge is 0.251 e. The molecule has 2 N–H and O–H groups in total. The maximum Gasteiger partial charge on any atom is 0.251 e. The molecule has 2 rings (SSSR count). The van der Waals surface area contributed by atoms with E-state index < -0.39 is 0 Å². The lowest BCUT2D eigenvalue weighted by Crippen LogP contribution is -2.19. The molecule has 0 saturated carbocycles. The minimum Gasteiger partial charge on any atom is -0.398 e. The third kappa shape index (κ3) is 1.82. The molecule has 0 radical (unpaired) electrons. The Morgan fingerprint density at radius 3 is 3.07 bits per heavy atom. The molecule has 0 saturated heterocycles. The average molecular weight is 207 g/mol. The highest BCUT2D eigenvalue weighted by Gasteiger charge is 1.99. The number of pyridine rings is 1. The van der Waals surface area contributed by atoms with Crippen LogP contribution in [0.1, 0.15) is 5.69 Å². The number of hydrogen-bond donors (Lipinski definition) is 1. The number of nitrogens with two attached hydrogens (primary N) is 1. The van der Waals surface area contributed by atoms with Gasteiger partial charge in [0.1, 0.15) is 0 Å². The highest BCUT2D eigenvalue weighted by Crippen LogP contribution is 2.03. The molecule has 0 bridgehead atoms. The van der Waals surface area contributed by atoms with Crippen LogP contribution in [0.4, 0.5) is 5.69 Å². The molecule has 2 heterocycles. The van der Waals surface area contributed by atoms with Gasteiger partial charge in [0.25, 0.3) is 5.56 Å². The predicted molar refractivity (Wildman–Crippen MR) is 56.3 cm³/mol. The van der Waals surface area contributed by atoms with Crippen LogP contribution in [0.2, 0.25) is 0 Å². The second kappa shape index (κ2) is 3.63. The van der Waals surface area contributed by atoms with Crippen LogP contribution in [0.5, 0.6) is 0 Å². The number of nitrogen functional groups attached to an aromatic ring is 1. The third-order valence-corrected chi connectivity index (χ3v) is 2.46. The van der Waals surface area contributed by atoms with Crippen molar-refractivity contribution in [3.05, 3.63) is 45.3 Å². The topological polar surface area (TPSA) is 60.9 Å². The van der Waals surface area contributed by atoms with Crippen molar-refractivity contribution in [3.8, 4) is 0 Å². The van der Waals surface area contributed by atoms with E-state index in [4.69, 9.17) is 5.73 Å². The third-order valence-electron chi connectivity index (χ3n) is 1.82. The standard InChI is InChI=1S/C9H9N3OS/c10-7-1-2-9(13)12(3-7)4-8-5-14-6-11-8/h1-3,5-6H,4,10H2. The van der Waals surface area contributed by atoms with E-state index in [1.165, 1.54) is 17.4 Å². The lowest BCUT2D eigenvalue weighted by Gasteiger charge is -2.03. The normalized spacial score (nSPS) is 10.3. The van der Waals surface area contributed by atoms with Gasteiger partial charge in [0.2, 0.25) is 0 Å². The Bertz CT molecular complexity index is 475. The van der Waals surface area contributed by atoms with Gasteiger partial charge < -0.3 is 10.3 Å². The first-order chi connectivity index (χ1) is 6.75. The van der Waals surface area contributed by atoms with Gasteiger partial charge in [0.15, 0.2) is 0 Å². The molecule has 2 aromatic heterocycles. The summed E-state index contributed by atoms with van der Waals surface area (Å²) in [5.74, 6) is 0. The summed E-state index contributed by atoms with van der Waals surface area (Å²) in [5, 5.41) is 1.91. The van der Waals surface area contributed by atoms with Crippen molar-refractivity contribution in [1.29, 1.82) is 0 Å². The van der Waals surface area contributed by atoms with Crippen LogP contribution in [0.3, 0.4) is 0 Å². The molecule has 14 heavy (non-hydrogen) atoms. The maximum atomic E-state index is 11.4. The second-order valence-electron chi connectivity index (χ2n) is 2.91. The van der Waals surface area contributed by atoms with Gasteiger partial charge in [-0.05, 0) is 6.07 Å². The van der Waals surface area contributed by atoms with Crippen LogP contribution in [-0.4, -0.2) is 9.55 Å². The number of rotatable bonds is 2. The fourth-order valence-corrected chi connectivity index (χ4v) is 1.71. The molecule has 0 spiro atoms. The van der Waals surface area contributed by atoms with Gasteiger partial charge in [-0.3, -0.25) is 4.79 Å². The van der Waals surface area contributed by atoms with Crippen LogP contribution in [-0.2, 0) is 6.54 Å². The lowest BCUT2D eigenvalue weighted by atomic mass is 10.4. The van der Waals surface area contributed by atoms with Crippen LogP contribution in [0, 0.1) is 0 Å². The summed E-state index contributed by atoms with van der Waals surface area (Å²) in [4.78, 5) is 15.5. The first-order valence-electron chi connectivity index (χ1n) is 4.09. The fraction of sp³-hybridized carbons (Fsp3) is 0.111. The number of thiazole rings is 1. The molecule has 4 nitrogen and oxygen atoms in total. The van der Waals surface area contributed by atoms with Gasteiger partial charge in [-0.15, -0.1) is 11.3 Å². The Labute approximate surface area is 84.6 Å². The number of hydrogen-bond acceptors (Lipinski definition) is 4. The molecule has 5 heteroatoms. The lowest BCUT2D eigenvalue weighted by molar-refractivity contribution is 0.746. The number of aromatic nitrogens is 2. The Kier molecular flexibility index (Phi) is 2.32. The van der Waals surface area contributed by atoms with E-state index in [1.807, 2.05) is 5.38 Å². The Morgan fingerprint density at radius 1 is 1.50 bits per heavy atom. The van der Waals surface area contributed by atoms with Crippen molar-refractivity contribution in [3.63, 3.8) is 0 Å². The fourth-order valence-electron chi connectivity index (χ4n) is 1.16. The second-order valence-corrected chi connectivity index (χ2v) is 3.63. The van der Waals surface area contributed by atoms with Gasteiger partial charge in [0, 0.05) is 23.3 Å². The zero-order valence-electron chi connectivity index (χ0n) is 7.38. The molecule has 2 aromatic rings. The molecule has 0 aliphatic heterocycles. The van der Waals surface area contributed by atoms with E-state index in [0.717, 1.165) is 5.69 Å². The number of nitrogens with zero attached hydrogens (tertiary/aromatic N) is 2. The monoisotopic (exact) mass is 207 g/mol. The van der Waals surface area contributed by atoms with E-state index in [1.54, 1.807) is 22.3 Å². The van der Waals surface area contributed by atoms with Crippen molar-refractivity contribution in [2.24, 2.45) is 0 Å². The quantitative estimate of drug-likeness (QED) is 0.797. The molecular formula is C9H9N3OS. The Morgan fingerprint density at radius 2 is 2.36 bits per heavy atom. The largest absolute Gasteiger partial charge is 0.398 e. The maximum absolute atomic E-state index is 11.4. The van der Waals surface area contributed by atoms with Crippen molar-refractivity contribution >= 4 is 17.0 Å². The SMILES string of the molecule is Nc1ccc(=O)n(Cc2cscn2)c1. The number of anilines is 1. The van der Waals surface area contributed by atoms with Crippen LogP contribution >= 0.6 is 11.3 Å². The van der Waals surface area contributed by atoms with Gasteiger partial charge >= 0.3 is 0 Å². The minimum atomic E-state index is -0.0628. The van der Waals surface area contributed by atoms with Gasteiger partial charge in [-0.2, -0.15) is 0 Å². The highest BCUT2D eigenvalue weighted by atomic mass is 32.1. The highest BCUT2D eigenvalue weighted by molar-refractivity contribution is 7.07. The van der Waals surface area contributed by atoms with Crippen LogP contribution in [0.25, 0.3) is 0 Å². The van der Waals surface area contributed by atoms with Crippen LogP contribution in [0.15, 0.2) is 34.0 Å². The molecule has 72 valence electrons. The van der Waals surface area contributed by atoms with E-state index >= 15 is 0 Å². The first kappa shape index (κ1) is 8.96. The summed E-state index contributed by atoms with van der Waals surface area (Å²) in [6.45, 7) is 0.480. The molecule has 0 amide bonds. The van der Waals surface area contributed by atoms with Gasteiger partial charge in [-0.1, -0.05) is 0 Å². The van der Waals surface area contributed by atoms with Crippen LogP contribution < -0.4 is 11.3 Å². The molecule has 0 unspecified atom stereocenters.